The SMILES string of the molecule is Cc1ccc(N2N=NN(Cc3ccc([N+](=O)[O-])c(C)c3)C2C=O)cc1. The number of carbonyl (C=O) groups excluding carboxylic acids is 1. The summed E-state index contributed by atoms with van der Waals surface area (Å²) < 4.78 is 0. The summed E-state index contributed by atoms with van der Waals surface area (Å²) in [6.07, 6.45) is 0.121. The molecule has 1 heterocycles. The number of anilines is 1. The standard InChI is InChI=1S/C17H17N5O3/c1-12-3-6-15(7-4-12)21-17(11-23)20(18-19-21)10-14-5-8-16(22(24)25)13(2)9-14/h3-9,11,17H,10H2,1-2H3. The molecule has 2 aromatic rings. The Kier molecular flexibility index (Phi) is 4.42. The normalized spacial score (nSPS) is 16.3. The van der Waals surface area contributed by atoms with Crippen LogP contribution >= 0.6 is 0 Å². The second kappa shape index (κ2) is 6.68. The van der Waals surface area contributed by atoms with Gasteiger partial charge in [0.05, 0.1) is 17.2 Å². The molecule has 0 saturated heterocycles. The van der Waals surface area contributed by atoms with E-state index in [1.807, 2.05) is 31.2 Å². The molecule has 2 aromatic carbocycles. The third kappa shape index (κ3) is 3.32. The highest BCUT2D eigenvalue weighted by Crippen LogP contribution is 2.27. The number of nitro groups is 1. The lowest BCUT2D eigenvalue weighted by Crippen LogP contribution is -2.39. The summed E-state index contributed by atoms with van der Waals surface area (Å²) in [4.78, 5) is 22.1. The van der Waals surface area contributed by atoms with Crippen LogP contribution in [0.5, 0.6) is 0 Å². The maximum Gasteiger partial charge on any atom is 0.272 e. The van der Waals surface area contributed by atoms with E-state index in [0.717, 1.165) is 23.1 Å². The zero-order valence-electron chi connectivity index (χ0n) is 13.9. The first-order valence-electron chi connectivity index (χ1n) is 7.73. The molecular weight excluding hydrogens is 322 g/mol. The molecule has 0 saturated carbocycles. The molecule has 1 unspecified atom stereocenters. The lowest BCUT2D eigenvalue weighted by atomic mass is 10.1. The van der Waals surface area contributed by atoms with E-state index < -0.39 is 11.1 Å². The van der Waals surface area contributed by atoms with Crippen LogP contribution in [-0.4, -0.2) is 22.4 Å². The largest absolute Gasteiger partial charge is 0.299 e. The van der Waals surface area contributed by atoms with E-state index in [9.17, 15) is 14.9 Å². The Morgan fingerprint density at radius 1 is 1.16 bits per heavy atom. The summed E-state index contributed by atoms with van der Waals surface area (Å²) in [5.41, 5.74) is 3.34. The molecule has 0 amide bonds. The molecule has 1 aliphatic rings. The van der Waals surface area contributed by atoms with Gasteiger partial charge < -0.3 is 0 Å². The van der Waals surface area contributed by atoms with Gasteiger partial charge in [-0.2, -0.15) is 0 Å². The minimum absolute atomic E-state index is 0.0695. The number of aryl methyl sites for hydroxylation is 2. The number of nitrogens with zero attached hydrogens (tertiary/aromatic N) is 5. The predicted molar refractivity (Wildman–Crippen MR) is 91.7 cm³/mol. The van der Waals surface area contributed by atoms with Crippen LogP contribution in [0, 0.1) is 24.0 Å². The second-order valence-corrected chi connectivity index (χ2v) is 5.88. The summed E-state index contributed by atoms with van der Waals surface area (Å²) in [7, 11) is 0. The monoisotopic (exact) mass is 339 g/mol. The molecule has 1 atom stereocenters. The molecule has 128 valence electrons. The van der Waals surface area contributed by atoms with Gasteiger partial charge in [0, 0.05) is 11.6 Å². The van der Waals surface area contributed by atoms with E-state index in [-0.39, 0.29) is 5.69 Å². The Hall–Kier alpha value is -3.29. The zero-order chi connectivity index (χ0) is 18.0. The maximum absolute atomic E-state index is 11.6. The average molecular weight is 339 g/mol. The van der Waals surface area contributed by atoms with Crippen LogP contribution in [0.25, 0.3) is 0 Å². The van der Waals surface area contributed by atoms with Gasteiger partial charge in [0.25, 0.3) is 5.69 Å². The van der Waals surface area contributed by atoms with Crippen molar-refractivity contribution in [3.05, 3.63) is 69.3 Å². The fourth-order valence-corrected chi connectivity index (χ4v) is 2.69. The number of nitro benzene ring substituents is 1. The van der Waals surface area contributed by atoms with Crippen molar-refractivity contribution in [2.45, 2.75) is 26.6 Å². The third-order valence-corrected chi connectivity index (χ3v) is 4.03. The zero-order valence-corrected chi connectivity index (χ0v) is 13.9. The van der Waals surface area contributed by atoms with Gasteiger partial charge in [-0.3, -0.25) is 14.9 Å². The number of hydrogen-bond acceptors (Lipinski definition) is 7. The highest BCUT2D eigenvalue weighted by Gasteiger charge is 2.30. The van der Waals surface area contributed by atoms with E-state index in [2.05, 4.69) is 10.4 Å². The molecule has 25 heavy (non-hydrogen) atoms. The number of carbonyl (C=O) groups is 1. The highest BCUT2D eigenvalue weighted by molar-refractivity contribution is 5.65. The van der Waals surface area contributed by atoms with Crippen LogP contribution in [0.3, 0.4) is 0 Å². The fourth-order valence-electron chi connectivity index (χ4n) is 2.69. The minimum atomic E-state index is -0.654. The van der Waals surface area contributed by atoms with Gasteiger partial charge in [0.1, 0.15) is 0 Å². The first kappa shape index (κ1) is 16.6. The Bertz CT molecular complexity index is 835. The van der Waals surface area contributed by atoms with Gasteiger partial charge in [0.15, 0.2) is 12.5 Å². The van der Waals surface area contributed by atoms with Gasteiger partial charge in [-0.25, -0.2) is 10.0 Å². The van der Waals surface area contributed by atoms with Crippen LogP contribution in [0.2, 0.25) is 0 Å². The summed E-state index contributed by atoms with van der Waals surface area (Å²) in [5.74, 6) is 0. The van der Waals surface area contributed by atoms with E-state index in [4.69, 9.17) is 0 Å². The van der Waals surface area contributed by atoms with Crippen LogP contribution in [0.1, 0.15) is 16.7 Å². The molecule has 0 N–H and O–H groups in total. The van der Waals surface area contributed by atoms with Crippen molar-refractivity contribution < 1.29 is 9.72 Å². The Morgan fingerprint density at radius 3 is 2.48 bits per heavy atom. The van der Waals surface area contributed by atoms with Gasteiger partial charge >= 0.3 is 0 Å². The summed E-state index contributed by atoms with van der Waals surface area (Å²) >= 11 is 0. The van der Waals surface area contributed by atoms with Gasteiger partial charge in [-0.1, -0.05) is 29.0 Å². The molecule has 0 bridgehead atoms. The molecule has 8 heteroatoms. The third-order valence-electron chi connectivity index (χ3n) is 4.03. The summed E-state index contributed by atoms with van der Waals surface area (Å²) in [6, 6.07) is 12.5. The van der Waals surface area contributed by atoms with Crippen LogP contribution < -0.4 is 5.01 Å². The Balaban J connectivity index is 1.78. The predicted octanol–water partition coefficient (Wildman–Crippen LogP) is 3.34. The minimum Gasteiger partial charge on any atom is -0.299 e. The topological polar surface area (TPSA) is 91.4 Å². The first-order chi connectivity index (χ1) is 12.0. The molecule has 1 aliphatic heterocycles. The molecule has 3 rings (SSSR count). The Labute approximate surface area is 144 Å². The summed E-state index contributed by atoms with van der Waals surface area (Å²) in [5, 5.41) is 22.2. The first-order valence-corrected chi connectivity index (χ1v) is 7.73. The van der Waals surface area contributed by atoms with Crippen LogP contribution in [-0.2, 0) is 11.3 Å². The van der Waals surface area contributed by atoms with Crippen LogP contribution in [0.4, 0.5) is 11.4 Å². The molecular formula is C17H17N5O3. The number of aldehydes is 1. The molecule has 0 spiro atoms. The molecule has 8 nitrogen and oxygen atoms in total. The van der Waals surface area contributed by atoms with Gasteiger partial charge in [-0.15, -0.1) is 0 Å². The maximum atomic E-state index is 11.6. The molecule has 0 radical (unpaired) electrons. The highest BCUT2D eigenvalue weighted by atomic mass is 16.6. The number of benzene rings is 2. The van der Waals surface area contributed by atoms with Gasteiger partial charge in [-0.05, 0) is 42.8 Å². The van der Waals surface area contributed by atoms with Crippen molar-refractivity contribution in [1.82, 2.24) is 5.01 Å². The van der Waals surface area contributed by atoms with Crippen molar-refractivity contribution in [1.29, 1.82) is 0 Å². The van der Waals surface area contributed by atoms with E-state index in [0.29, 0.717) is 12.1 Å². The smallest absolute Gasteiger partial charge is 0.272 e. The molecule has 0 aromatic heterocycles. The van der Waals surface area contributed by atoms with Crippen molar-refractivity contribution in [3.8, 4) is 0 Å². The molecule has 0 fully saturated rings. The van der Waals surface area contributed by atoms with E-state index >= 15 is 0 Å². The van der Waals surface area contributed by atoms with Crippen molar-refractivity contribution in [3.63, 3.8) is 0 Å². The van der Waals surface area contributed by atoms with Crippen molar-refractivity contribution in [2.75, 3.05) is 5.01 Å². The second-order valence-electron chi connectivity index (χ2n) is 5.88. The summed E-state index contributed by atoms with van der Waals surface area (Å²) in [6.45, 7) is 3.99. The lowest BCUT2D eigenvalue weighted by molar-refractivity contribution is -0.385. The lowest BCUT2D eigenvalue weighted by Gasteiger charge is -2.23. The number of rotatable bonds is 5. The van der Waals surface area contributed by atoms with Crippen LogP contribution in [0.15, 0.2) is 52.9 Å². The van der Waals surface area contributed by atoms with E-state index in [1.165, 1.54) is 6.07 Å². The van der Waals surface area contributed by atoms with Crippen molar-refractivity contribution in [2.24, 2.45) is 10.4 Å². The fraction of sp³-hybridized carbons (Fsp3) is 0.235. The number of hydrogen-bond donors (Lipinski definition) is 0. The van der Waals surface area contributed by atoms with Gasteiger partial charge in [0.2, 0.25) is 0 Å². The average Bonchev–Trinajstić information content (AvgIpc) is 2.98. The van der Waals surface area contributed by atoms with E-state index in [1.54, 1.807) is 29.1 Å². The van der Waals surface area contributed by atoms with Crippen molar-refractivity contribution >= 4 is 17.7 Å². The Morgan fingerprint density at radius 2 is 1.88 bits per heavy atom. The quantitative estimate of drug-likeness (QED) is 0.473. The molecule has 0 aliphatic carbocycles.